The van der Waals surface area contributed by atoms with Crippen molar-refractivity contribution in [2.45, 2.75) is 33.1 Å². The average molecular weight is 250 g/mol. The summed E-state index contributed by atoms with van der Waals surface area (Å²) in [5.41, 5.74) is 0.104. The fourth-order valence-electron chi connectivity index (χ4n) is 1.49. The molecule has 1 heterocycles. The molecule has 5 nitrogen and oxygen atoms in total. The lowest BCUT2D eigenvalue weighted by Crippen LogP contribution is -2.21. The number of aromatic carboxylic acids is 1. The van der Waals surface area contributed by atoms with Crippen molar-refractivity contribution in [3.63, 3.8) is 0 Å². The van der Waals surface area contributed by atoms with Crippen LogP contribution < -0.4 is 5.32 Å². The number of rotatable bonds is 6. The summed E-state index contributed by atoms with van der Waals surface area (Å²) in [4.78, 5) is 26.3. The summed E-state index contributed by atoms with van der Waals surface area (Å²) in [6.45, 7) is 3.95. The monoisotopic (exact) mass is 250 g/mol. The number of nitrogens with zero attached hydrogens (tertiary/aromatic N) is 1. The van der Waals surface area contributed by atoms with E-state index in [1.165, 1.54) is 18.3 Å². The lowest BCUT2D eigenvalue weighted by molar-refractivity contribution is -0.119. The SMILES string of the molecule is CCCCC(C)C(=O)Nc1ccc(C(=O)O)cn1. The zero-order chi connectivity index (χ0) is 13.5. The van der Waals surface area contributed by atoms with Crippen molar-refractivity contribution < 1.29 is 14.7 Å². The number of unbranched alkanes of at least 4 members (excludes halogenated alkanes) is 1. The Labute approximate surface area is 106 Å². The summed E-state index contributed by atoms with van der Waals surface area (Å²) >= 11 is 0. The molecule has 1 aromatic heterocycles. The number of hydrogen-bond donors (Lipinski definition) is 2. The Kier molecular flexibility index (Phi) is 5.30. The van der Waals surface area contributed by atoms with E-state index in [1.54, 1.807) is 0 Å². The highest BCUT2D eigenvalue weighted by Crippen LogP contribution is 2.11. The van der Waals surface area contributed by atoms with E-state index < -0.39 is 5.97 Å². The normalized spacial score (nSPS) is 11.9. The van der Waals surface area contributed by atoms with Gasteiger partial charge in [0, 0.05) is 12.1 Å². The Morgan fingerprint density at radius 2 is 2.17 bits per heavy atom. The number of carboxylic acids is 1. The summed E-state index contributed by atoms with van der Waals surface area (Å²) in [6, 6.07) is 2.91. The number of hydrogen-bond acceptors (Lipinski definition) is 3. The maximum atomic E-state index is 11.8. The number of aromatic nitrogens is 1. The molecule has 98 valence electrons. The lowest BCUT2D eigenvalue weighted by atomic mass is 10.0. The van der Waals surface area contributed by atoms with Crippen LogP contribution in [0, 0.1) is 5.92 Å². The van der Waals surface area contributed by atoms with Gasteiger partial charge in [0.2, 0.25) is 5.91 Å². The Hall–Kier alpha value is -1.91. The summed E-state index contributed by atoms with van der Waals surface area (Å²) < 4.78 is 0. The Morgan fingerprint density at radius 1 is 1.44 bits per heavy atom. The van der Waals surface area contributed by atoms with Crippen LogP contribution in [0.25, 0.3) is 0 Å². The Morgan fingerprint density at radius 3 is 2.67 bits per heavy atom. The molecular formula is C13H18N2O3. The standard InChI is InChI=1S/C13H18N2O3/c1-3-4-5-9(2)12(16)15-11-7-6-10(8-14-11)13(17)18/h6-9H,3-5H2,1-2H3,(H,17,18)(H,14,15,16). The van der Waals surface area contributed by atoms with Crippen LogP contribution in [0.15, 0.2) is 18.3 Å². The molecule has 1 atom stereocenters. The average Bonchev–Trinajstić information content (AvgIpc) is 2.36. The van der Waals surface area contributed by atoms with Crippen LogP contribution in [0.1, 0.15) is 43.5 Å². The number of pyridine rings is 1. The van der Waals surface area contributed by atoms with E-state index in [4.69, 9.17) is 5.11 Å². The second-order valence-corrected chi connectivity index (χ2v) is 4.27. The van der Waals surface area contributed by atoms with E-state index in [0.29, 0.717) is 5.82 Å². The van der Waals surface area contributed by atoms with Crippen LogP contribution in [0.2, 0.25) is 0 Å². The highest BCUT2D eigenvalue weighted by Gasteiger charge is 2.13. The highest BCUT2D eigenvalue weighted by molar-refractivity contribution is 5.92. The van der Waals surface area contributed by atoms with Crippen molar-refractivity contribution in [2.24, 2.45) is 5.92 Å². The van der Waals surface area contributed by atoms with E-state index in [1.807, 2.05) is 6.92 Å². The minimum absolute atomic E-state index is 0.0640. The molecule has 1 aromatic rings. The number of anilines is 1. The van der Waals surface area contributed by atoms with E-state index >= 15 is 0 Å². The van der Waals surface area contributed by atoms with E-state index in [-0.39, 0.29) is 17.4 Å². The molecule has 18 heavy (non-hydrogen) atoms. The smallest absolute Gasteiger partial charge is 0.337 e. The van der Waals surface area contributed by atoms with Gasteiger partial charge in [0.05, 0.1) is 5.56 Å². The number of carboxylic acid groups (broad SMARTS) is 1. The van der Waals surface area contributed by atoms with Gasteiger partial charge >= 0.3 is 5.97 Å². The van der Waals surface area contributed by atoms with Gasteiger partial charge in [-0.3, -0.25) is 4.79 Å². The predicted molar refractivity (Wildman–Crippen MR) is 68.5 cm³/mol. The van der Waals surface area contributed by atoms with E-state index in [2.05, 4.69) is 17.2 Å². The molecule has 0 aliphatic carbocycles. The molecule has 0 fully saturated rings. The van der Waals surface area contributed by atoms with Crippen LogP contribution >= 0.6 is 0 Å². The fraction of sp³-hybridized carbons (Fsp3) is 0.462. The van der Waals surface area contributed by atoms with Crippen LogP contribution in [-0.2, 0) is 4.79 Å². The van der Waals surface area contributed by atoms with Gasteiger partial charge < -0.3 is 10.4 Å². The molecule has 0 saturated carbocycles. The summed E-state index contributed by atoms with van der Waals surface area (Å²) in [6.07, 6.45) is 4.15. The molecule has 0 aromatic carbocycles. The van der Waals surface area contributed by atoms with Crippen molar-refractivity contribution in [3.8, 4) is 0 Å². The van der Waals surface area contributed by atoms with Crippen LogP contribution in [0.4, 0.5) is 5.82 Å². The van der Waals surface area contributed by atoms with Gasteiger partial charge in [0.25, 0.3) is 0 Å². The zero-order valence-electron chi connectivity index (χ0n) is 10.6. The van der Waals surface area contributed by atoms with Gasteiger partial charge in [0.1, 0.15) is 5.82 Å². The van der Waals surface area contributed by atoms with Gasteiger partial charge in [-0.15, -0.1) is 0 Å². The number of nitrogens with one attached hydrogen (secondary N) is 1. The molecule has 0 saturated heterocycles. The molecule has 0 aliphatic rings. The maximum Gasteiger partial charge on any atom is 0.337 e. The van der Waals surface area contributed by atoms with Crippen LogP contribution in [-0.4, -0.2) is 22.0 Å². The number of amides is 1. The zero-order valence-corrected chi connectivity index (χ0v) is 10.6. The summed E-state index contributed by atoms with van der Waals surface area (Å²) in [5.74, 6) is -0.796. The van der Waals surface area contributed by atoms with Crippen LogP contribution in [0.3, 0.4) is 0 Å². The topological polar surface area (TPSA) is 79.3 Å². The summed E-state index contributed by atoms with van der Waals surface area (Å²) in [5, 5.41) is 11.4. The first-order valence-electron chi connectivity index (χ1n) is 6.04. The second kappa shape index (κ2) is 6.74. The van der Waals surface area contributed by atoms with Crippen molar-refractivity contribution >= 4 is 17.7 Å². The van der Waals surface area contributed by atoms with E-state index in [0.717, 1.165) is 19.3 Å². The molecule has 1 unspecified atom stereocenters. The van der Waals surface area contributed by atoms with Gasteiger partial charge in [0.15, 0.2) is 0 Å². The quantitative estimate of drug-likeness (QED) is 0.813. The first-order chi connectivity index (χ1) is 8.54. The first kappa shape index (κ1) is 14.2. The minimum atomic E-state index is -1.03. The second-order valence-electron chi connectivity index (χ2n) is 4.27. The fourth-order valence-corrected chi connectivity index (χ4v) is 1.49. The van der Waals surface area contributed by atoms with Crippen molar-refractivity contribution in [2.75, 3.05) is 5.32 Å². The third-order valence-corrected chi connectivity index (χ3v) is 2.70. The molecular weight excluding hydrogens is 232 g/mol. The largest absolute Gasteiger partial charge is 0.478 e. The molecule has 0 aliphatic heterocycles. The molecule has 1 amide bonds. The lowest BCUT2D eigenvalue weighted by Gasteiger charge is -2.10. The molecule has 1 rings (SSSR count). The van der Waals surface area contributed by atoms with Gasteiger partial charge in [-0.25, -0.2) is 9.78 Å². The molecule has 0 spiro atoms. The predicted octanol–water partition coefficient (Wildman–Crippen LogP) is 2.54. The van der Waals surface area contributed by atoms with E-state index in [9.17, 15) is 9.59 Å². The Bertz CT molecular complexity index is 415. The number of carbonyl (C=O) groups excluding carboxylic acids is 1. The highest BCUT2D eigenvalue weighted by atomic mass is 16.4. The molecule has 0 bridgehead atoms. The summed E-state index contributed by atoms with van der Waals surface area (Å²) in [7, 11) is 0. The third kappa shape index (κ3) is 4.16. The molecule has 0 radical (unpaired) electrons. The Balaban J connectivity index is 2.56. The van der Waals surface area contributed by atoms with Crippen LogP contribution in [0.5, 0.6) is 0 Å². The maximum absolute atomic E-state index is 11.8. The molecule has 5 heteroatoms. The first-order valence-corrected chi connectivity index (χ1v) is 6.04. The van der Waals surface area contributed by atoms with Crippen molar-refractivity contribution in [1.82, 2.24) is 4.98 Å². The third-order valence-electron chi connectivity index (χ3n) is 2.70. The van der Waals surface area contributed by atoms with Gasteiger partial charge in [-0.2, -0.15) is 0 Å². The van der Waals surface area contributed by atoms with Gasteiger partial charge in [-0.1, -0.05) is 26.7 Å². The van der Waals surface area contributed by atoms with Crippen molar-refractivity contribution in [3.05, 3.63) is 23.9 Å². The molecule has 2 N–H and O–H groups in total. The van der Waals surface area contributed by atoms with Gasteiger partial charge in [-0.05, 0) is 18.6 Å². The minimum Gasteiger partial charge on any atom is -0.478 e. The van der Waals surface area contributed by atoms with Crippen molar-refractivity contribution in [1.29, 1.82) is 0 Å². The number of carbonyl (C=O) groups is 2.